The molecule has 3 unspecified atom stereocenters. The summed E-state index contributed by atoms with van der Waals surface area (Å²) in [6.45, 7) is 4.53. The predicted molar refractivity (Wildman–Crippen MR) is 151 cm³/mol. The molecule has 4 aliphatic rings. The van der Waals surface area contributed by atoms with Gasteiger partial charge in [0.05, 0.1) is 29.7 Å². The second kappa shape index (κ2) is 14.6. The molecule has 2 aliphatic carbocycles. The molecule has 2 amide bonds. The van der Waals surface area contributed by atoms with Crippen LogP contribution in [0.1, 0.15) is 51.4 Å². The molecular formula is C30H40FN3O8. The Balaban J connectivity index is 0.000000446. The maximum Gasteiger partial charge on any atom is 0.328 e. The predicted octanol–water partition coefficient (Wildman–Crippen LogP) is 2.52. The van der Waals surface area contributed by atoms with Crippen molar-refractivity contribution in [3.63, 3.8) is 0 Å². The fourth-order valence-electron chi connectivity index (χ4n) is 6.28. The van der Waals surface area contributed by atoms with E-state index in [4.69, 9.17) is 14.9 Å². The number of ether oxygens (including phenoxy) is 1. The van der Waals surface area contributed by atoms with E-state index in [0.717, 1.165) is 63.4 Å². The lowest BCUT2D eigenvalue weighted by Gasteiger charge is -2.37. The van der Waals surface area contributed by atoms with Crippen molar-refractivity contribution in [2.24, 2.45) is 11.8 Å². The summed E-state index contributed by atoms with van der Waals surface area (Å²) < 4.78 is 20.3. The highest BCUT2D eigenvalue weighted by Gasteiger charge is 2.49. The lowest BCUT2D eigenvalue weighted by Crippen LogP contribution is -2.47. The lowest BCUT2D eigenvalue weighted by molar-refractivity contribution is -0.140. The van der Waals surface area contributed by atoms with Crippen LogP contribution in [0, 0.1) is 17.7 Å². The molecule has 0 radical (unpaired) electrons. The van der Waals surface area contributed by atoms with Crippen LogP contribution in [0.3, 0.4) is 0 Å². The summed E-state index contributed by atoms with van der Waals surface area (Å²) in [4.78, 5) is 50.5. The molecule has 2 saturated heterocycles. The monoisotopic (exact) mass is 589 g/mol. The molecule has 2 saturated carbocycles. The van der Waals surface area contributed by atoms with E-state index in [1.807, 2.05) is 0 Å². The number of imide groups is 1. The Morgan fingerprint density at radius 3 is 2.19 bits per heavy atom. The van der Waals surface area contributed by atoms with Crippen molar-refractivity contribution in [1.29, 1.82) is 0 Å². The summed E-state index contributed by atoms with van der Waals surface area (Å²) >= 11 is 0. The number of amides is 2. The molecule has 0 spiro atoms. The minimum atomic E-state index is -1.26. The largest absolute Gasteiger partial charge is 0.488 e. The van der Waals surface area contributed by atoms with Gasteiger partial charge in [0.25, 0.3) is 0 Å². The van der Waals surface area contributed by atoms with Gasteiger partial charge >= 0.3 is 11.9 Å². The molecule has 0 aromatic heterocycles. The van der Waals surface area contributed by atoms with Gasteiger partial charge in [0.1, 0.15) is 11.6 Å². The molecule has 2 heterocycles. The van der Waals surface area contributed by atoms with Crippen molar-refractivity contribution in [3.8, 4) is 5.75 Å². The number of nitrogens with zero attached hydrogens (tertiary/aromatic N) is 3. The maximum absolute atomic E-state index is 14.0. The Hall–Kier alpha value is -3.51. The molecule has 0 bridgehead atoms. The maximum atomic E-state index is 14.0. The standard InChI is InChI=1S/C26H36FN3O4.C4H4O4/c27-18-6-9-24(34-20-4-1-2-5-20)23(16-18)29-14-12-28(13-15-29)10-3-11-30-25(32)21-8-7-19(31)17-22(21)26(30)33;5-3(6)1-2-4(7)8/h6,9,16,19-22,31H,1-5,7-8,10-15,17H2;1-2H,(H,5,6)(H,7,8). The quantitative estimate of drug-likeness (QED) is 0.290. The van der Waals surface area contributed by atoms with Crippen LogP contribution in [-0.2, 0) is 19.2 Å². The smallest absolute Gasteiger partial charge is 0.328 e. The summed E-state index contributed by atoms with van der Waals surface area (Å²) in [7, 11) is 0. The Morgan fingerprint density at radius 2 is 1.55 bits per heavy atom. The average Bonchev–Trinajstić information content (AvgIpc) is 3.56. The minimum Gasteiger partial charge on any atom is -0.488 e. The SMILES string of the molecule is O=C(O)C=CC(=O)O.O=C1C2CCC(O)CC2C(=O)N1CCCN1CCN(c2cc(F)ccc2OC2CCCC2)CC1. The van der Waals surface area contributed by atoms with E-state index >= 15 is 0 Å². The van der Waals surface area contributed by atoms with Gasteiger partial charge in [-0.2, -0.15) is 0 Å². The van der Waals surface area contributed by atoms with E-state index < -0.39 is 18.0 Å². The number of hydrogen-bond donors (Lipinski definition) is 3. The van der Waals surface area contributed by atoms with E-state index in [-0.39, 0.29) is 35.6 Å². The van der Waals surface area contributed by atoms with Crippen LogP contribution < -0.4 is 9.64 Å². The summed E-state index contributed by atoms with van der Waals surface area (Å²) in [5.74, 6) is -2.69. The van der Waals surface area contributed by atoms with Crippen molar-refractivity contribution in [2.75, 3.05) is 44.2 Å². The van der Waals surface area contributed by atoms with Gasteiger partial charge in [0.15, 0.2) is 0 Å². The van der Waals surface area contributed by atoms with Gasteiger partial charge < -0.3 is 25.0 Å². The number of carbonyl (C=O) groups is 4. The van der Waals surface area contributed by atoms with Crippen LogP contribution in [0.25, 0.3) is 0 Å². The van der Waals surface area contributed by atoms with Crippen LogP contribution in [0.15, 0.2) is 30.4 Å². The number of fused-ring (bicyclic) bond motifs is 1. The first-order valence-electron chi connectivity index (χ1n) is 14.7. The van der Waals surface area contributed by atoms with Crippen molar-refractivity contribution in [1.82, 2.24) is 9.80 Å². The second-order valence-electron chi connectivity index (χ2n) is 11.3. The van der Waals surface area contributed by atoms with Crippen LogP contribution >= 0.6 is 0 Å². The van der Waals surface area contributed by atoms with Gasteiger partial charge in [-0.3, -0.25) is 19.4 Å². The lowest BCUT2D eigenvalue weighted by atomic mass is 9.80. The van der Waals surface area contributed by atoms with E-state index in [2.05, 4.69) is 9.80 Å². The van der Waals surface area contributed by atoms with Crippen molar-refractivity contribution < 1.29 is 43.6 Å². The fraction of sp³-hybridized carbons (Fsp3) is 0.600. The molecule has 11 nitrogen and oxygen atoms in total. The number of carboxylic acids is 2. The highest BCUT2D eigenvalue weighted by atomic mass is 19.1. The molecule has 3 N–H and O–H groups in total. The number of likely N-dealkylation sites (tertiary alicyclic amines) is 1. The van der Waals surface area contributed by atoms with Crippen molar-refractivity contribution >= 4 is 29.4 Å². The Morgan fingerprint density at radius 1 is 0.905 bits per heavy atom. The highest BCUT2D eigenvalue weighted by Crippen LogP contribution is 2.38. The first-order valence-corrected chi connectivity index (χ1v) is 14.7. The number of benzene rings is 1. The average molecular weight is 590 g/mol. The first kappa shape index (κ1) is 31.4. The third-order valence-corrected chi connectivity index (χ3v) is 8.44. The topological polar surface area (TPSA) is 148 Å². The summed E-state index contributed by atoms with van der Waals surface area (Å²) in [5.41, 5.74) is 0.838. The van der Waals surface area contributed by atoms with Gasteiger partial charge in [-0.05, 0) is 70.0 Å². The molecule has 230 valence electrons. The normalized spacial score (nSPS) is 25.0. The number of aliphatic hydroxyl groups excluding tert-OH is 1. The first-order chi connectivity index (χ1) is 20.1. The number of piperazine rings is 1. The zero-order chi connectivity index (χ0) is 30.2. The number of halogens is 1. The number of aliphatic hydroxyl groups is 1. The zero-order valence-corrected chi connectivity index (χ0v) is 23.7. The third kappa shape index (κ3) is 8.28. The molecule has 12 heteroatoms. The molecule has 4 fully saturated rings. The molecule has 1 aromatic rings. The van der Waals surface area contributed by atoms with E-state index in [1.165, 1.54) is 23.8 Å². The van der Waals surface area contributed by atoms with E-state index in [9.17, 15) is 28.7 Å². The van der Waals surface area contributed by atoms with Gasteiger partial charge in [0, 0.05) is 50.9 Å². The second-order valence-corrected chi connectivity index (χ2v) is 11.3. The number of hydrogen-bond acceptors (Lipinski definition) is 8. The molecule has 1 aromatic carbocycles. The molecular weight excluding hydrogens is 549 g/mol. The van der Waals surface area contributed by atoms with Gasteiger partial charge in [-0.15, -0.1) is 0 Å². The molecule has 5 rings (SSSR count). The van der Waals surface area contributed by atoms with E-state index in [0.29, 0.717) is 38.0 Å². The molecule has 42 heavy (non-hydrogen) atoms. The molecule has 3 atom stereocenters. The number of aliphatic carboxylic acids is 2. The van der Waals surface area contributed by atoms with Crippen LogP contribution in [-0.4, -0.2) is 100 Å². The number of carboxylic acid groups (broad SMARTS) is 2. The number of anilines is 1. The van der Waals surface area contributed by atoms with E-state index in [1.54, 1.807) is 12.1 Å². The summed E-state index contributed by atoms with van der Waals surface area (Å²) in [6.07, 6.45) is 7.78. The third-order valence-electron chi connectivity index (χ3n) is 8.44. The number of rotatable bonds is 9. The zero-order valence-electron chi connectivity index (χ0n) is 23.7. The van der Waals surface area contributed by atoms with Gasteiger partial charge in [-0.25, -0.2) is 14.0 Å². The van der Waals surface area contributed by atoms with Gasteiger partial charge in [0.2, 0.25) is 11.8 Å². The van der Waals surface area contributed by atoms with Crippen LogP contribution in [0.5, 0.6) is 5.75 Å². The molecule has 2 aliphatic heterocycles. The number of carbonyl (C=O) groups excluding carboxylic acids is 2. The van der Waals surface area contributed by atoms with Crippen LogP contribution in [0.4, 0.5) is 10.1 Å². The van der Waals surface area contributed by atoms with Crippen molar-refractivity contribution in [2.45, 2.75) is 63.6 Å². The van der Waals surface area contributed by atoms with Gasteiger partial charge in [-0.1, -0.05) is 0 Å². The minimum absolute atomic E-state index is 0.0485. The highest BCUT2D eigenvalue weighted by molar-refractivity contribution is 6.05. The summed E-state index contributed by atoms with van der Waals surface area (Å²) in [5, 5.41) is 25.5. The van der Waals surface area contributed by atoms with Crippen molar-refractivity contribution in [3.05, 3.63) is 36.2 Å². The fourth-order valence-corrected chi connectivity index (χ4v) is 6.28. The summed E-state index contributed by atoms with van der Waals surface area (Å²) in [6, 6.07) is 4.82. The Bertz CT molecular complexity index is 1150. The Kier molecular flexibility index (Phi) is 10.9. The Labute approximate surface area is 244 Å². The van der Waals surface area contributed by atoms with Crippen LogP contribution in [0.2, 0.25) is 0 Å².